The molecule has 0 aliphatic carbocycles. The summed E-state index contributed by atoms with van der Waals surface area (Å²) in [5.41, 5.74) is 7.65. The van der Waals surface area contributed by atoms with Gasteiger partial charge in [0.15, 0.2) is 0 Å². The second-order valence-corrected chi connectivity index (χ2v) is 4.89. The second-order valence-electron chi connectivity index (χ2n) is 4.89. The molecule has 0 saturated carbocycles. The average Bonchev–Trinajstić information content (AvgIpc) is 2.76. The number of rotatable bonds is 4. The summed E-state index contributed by atoms with van der Waals surface area (Å²) < 4.78 is 12.8. The summed E-state index contributed by atoms with van der Waals surface area (Å²) in [5, 5.41) is 3.41. The summed E-state index contributed by atoms with van der Waals surface area (Å²) in [5.74, 6) is -0.183. The minimum Gasteiger partial charge on any atom is -0.313 e. The van der Waals surface area contributed by atoms with Crippen LogP contribution < -0.4 is 16.2 Å². The molecule has 0 radical (unpaired) electrons. The normalized spacial score (nSPS) is 24.5. The van der Waals surface area contributed by atoms with E-state index in [4.69, 9.17) is 0 Å². The summed E-state index contributed by atoms with van der Waals surface area (Å²) in [6.07, 6.45) is 1.02. The van der Waals surface area contributed by atoms with Gasteiger partial charge in [0.2, 0.25) is 0 Å². The standard InChI is InChI=1S/C13H20FN3/c1-9(2)15-8-12-7-13(17-16-12)10-3-5-11(14)6-4-10/h3-6,9,12-13,15-17H,7-8H2,1-2H3. The third-order valence-electron chi connectivity index (χ3n) is 3.03. The molecule has 0 bridgehead atoms. The molecule has 1 aromatic carbocycles. The van der Waals surface area contributed by atoms with E-state index in [9.17, 15) is 4.39 Å². The molecule has 3 N–H and O–H groups in total. The zero-order chi connectivity index (χ0) is 12.3. The molecule has 1 aliphatic rings. The van der Waals surface area contributed by atoms with Gasteiger partial charge in [-0.05, 0) is 24.1 Å². The van der Waals surface area contributed by atoms with Crippen molar-refractivity contribution in [3.8, 4) is 0 Å². The van der Waals surface area contributed by atoms with Gasteiger partial charge in [-0.1, -0.05) is 26.0 Å². The van der Waals surface area contributed by atoms with Crippen molar-refractivity contribution in [2.75, 3.05) is 6.54 Å². The van der Waals surface area contributed by atoms with Gasteiger partial charge >= 0.3 is 0 Å². The van der Waals surface area contributed by atoms with Crippen LogP contribution in [-0.2, 0) is 0 Å². The first-order valence-corrected chi connectivity index (χ1v) is 6.15. The minimum absolute atomic E-state index is 0.183. The molecule has 0 amide bonds. The maximum Gasteiger partial charge on any atom is 0.123 e. The van der Waals surface area contributed by atoms with E-state index in [2.05, 4.69) is 30.0 Å². The van der Waals surface area contributed by atoms with Gasteiger partial charge in [0.25, 0.3) is 0 Å². The average molecular weight is 237 g/mol. The van der Waals surface area contributed by atoms with E-state index >= 15 is 0 Å². The monoisotopic (exact) mass is 237 g/mol. The van der Waals surface area contributed by atoms with Crippen LogP contribution in [0.3, 0.4) is 0 Å². The molecule has 4 heteroatoms. The molecule has 1 aromatic rings. The lowest BCUT2D eigenvalue weighted by Crippen LogP contribution is -2.40. The van der Waals surface area contributed by atoms with Gasteiger partial charge in [0.05, 0.1) is 0 Å². The molecule has 1 heterocycles. The van der Waals surface area contributed by atoms with Crippen LogP contribution in [0, 0.1) is 5.82 Å². The summed E-state index contributed by atoms with van der Waals surface area (Å²) in [6.45, 7) is 5.22. The van der Waals surface area contributed by atoms with E-state index in [0.717, 1.165) is 18.5 Å². The topological polar surface area (TPSA) is 36.1 Å². The summed E-state index contributed by atoms with van der Waals surface area (Å²) in [6, 6.07) is 7.90. The Morgan fingerprint density at radius 1 is 1.29 bits per heavy atom. The number of hydrogen-bond acceptors (Lipinski definition) is 3. The Bertz CT molecular complexity index is 350. The second kappa shape index (κ2) is 5.58. The lowest BCUT2D eigenvalue weighted by atomic mass is 10.0. The Hall–Kier alpha value is -0.970. The summed E-state index contributed by atoms with van der Waals surface area (Å²) in [4.78, 5) is 0. The summed E-state index contributed by atoms with van der Waals surface area (Å²) in [7, 11) is 0. The highest BCUT2D eigenvalue weighted by Crippen LogP contribution is 2.21. The van der Waals surface area contributed by atoms with E-state index < -0.39 is 0 Å². The molecule has 3 nitrogen and oxygen atoms in total. The highest BCUT2D eigenvalue weighted by Gasteiger charge is 2.24. The molecular weight excluding hydrogens is 217 g/mol. The van der Waals surface area contributed by atoms with Gasteiger partial charge in [-0.25, -0.2) is 9.82 Å². The molecule has 0 spiro atoms. The van der Waals surface area contributed by atoms with E-state index in [0.29, 0.717) is 12.1 Å². The molecule has 2 unspecified atom stereocenters. The molecular formula is C13H20FN3. The Morgan fingerprint density at radius 2 is 2.00 bits per heavy atom. The van der Waals surface area contributed by atoms with Gasteiger partial charge in [-0.3, -0.25) is 5.43 Å². The van der Waals surface area contributed by atoms with Crippen molar-refractivity contribution in [1.82, 2.24) is 16.2 Å². The molecule has 2 atom stereocenters. The number of nitrogens with one attached hydrogen (secondary N) is 3. The van der Waals surface area contributed by atoms with Crippen molar-refractivity contribution in [3.05, 3.63) is 35.6 Å². The number of hydrogen-bond donors (Lipinski definition) is 3. The van der Waals surface area contributed by atoms with Crippen LogP contribution in [0.1, 0.15) is 31.9 Å². The van der Waals surface area contributed by atoms with Gasteiger partial charge in [-0.2, -0.15) is 0 Å². The fourth-order valence-corrected chi connectivity index (χ4v) is 2.05. The van der Waals surface area contributed by atoms with E-state index in [1.165, 1.54) is 12.1 Å². The van der Waals surface area contributed by atoms with E-state index in [-0.39, 0.29) is 11.9 Å². The number of hydrazine groups is 1. The van der Waals surface area contributed by atoms with Crippen molar-refractivity contribution in [2.45, 2.75) is 38.4 Å². The Morgan fingerprint density at radius 3 is 2.65 bits per heavy atom. The van der Waals surface area contributed by atoms with Crippen LogP contribution in [0.25, 0.3) is 0 Å². The van der Waals surface area contributed by atoms with Crippen LogP contribution in [0.5, 0.6) is 0 Å². The SMILES string of the molecule is CC(C)NCC1CC(c2ccc(F)cc2)NN1. The molecule has 1 fully saturated rings. The highest BCUT2D eigenvalue weighted by atomic mass is 19.1. The molecule has 2 rings (SSSR count). The first kappa shape index (κ1) is 12.5. The largest absolute Gasteiger partial charge is 0.313 e. The highest BCUT2D eigenvalue weighted by molar-refractivity contribution is 5.20. The van der Waals surface area contributed by atoms with Gasteiger partial charge in [-0.15, -0.1) is 0 Å². The third-order valence-corrected chi connectivity index (χ3v) is 3.03. The minimum atomic E-state index is -0.183. The van der Waals surface area contributed by atoms with Crippen molar-refractivity contribution in [2.24, 2.45) is 0 Å². The van der Waals surface area contributed by atoms with Crippen LogP contribution in [-0.4, -0.2) is 18.6 Å². The first-order valence-electron chi connectivity index (χ1n) is 6.15. The zero-order valence-corrected chi connectivity index (χ0v) is 10.3. The van der Waals surface area contributed by atoms with Crippen molar-refractivity contribution in [3.63, 3.8) is 0 Å². The fourth-order valence-electron chi connectivity index (χ4n) is 2.05. The van der Waals surface area contributed by atoms with Crippen molar-refractivity contribution in [1.29, 1.82) is 0 Å². The van der Waals surface area contributed by atoms with Gasteiger partial charge < -0.3 is 5.32 Å². The van der Waals surface area contributed by atoms with Crippen LogP contribution in [0.15, 0.2) is 24.3 Å². The van der Waals surface area contributed by atoms with Crippen LogP contribution in [0.2, 0.25) is 0 Å². The summed E-state index contributed by atoms with van der Waals surface area (Å²) >= 11 is 0. The van der Waals surface area contributed by atoms with Gasteiger partial charge in [0, 0.05) is 24.7 Å². The Labute approximate surface area is 102 Å². The first-order chi connectivity index (χ1) is 8.15. The molecule has 1 aliphatic heterocycles. The predicted molar refractivity (Wildman–Crippen MR) is 67.0 cm³/mol. The molecule has 1 saturated heterocycles. The number of halogens is 1. The smallest absolute Gasteiger partial charge is 0.123 e. The van der Waals surface area contributed by atoms with E-state index in [1.54, 1.807) is 0 Å². The maximum atomic E-state index is 12.8. The predicted octanol–water partition coefficient (Wildman–Crippen LogP) is 1.73. The van der Waals surface area contributed by atoms with Crippen molar-refractivity contribution >= 4 is 0 Å². The number of benzene rings is 1. The fraction of sp³-hybridized carbons (Fsp3) is 0.538. The lowest BCUT2D eigenvalue weighted by Gasteiger charge is -2.13. The van der Waals surface area contributed by atoms with Crippen molar-refractivity contribution < 1.29 is 4.39 Å². The quantitative estimate of drug-likeness (QED) is 0.746. The van der Waals surface area contributed by atoms with Gasteiger partial charge in [0.1, 0.15) is 5.82 Å². The third kappa shape index (κ3) is 3.49. The van der Waals surface area contributed by atoms with Crippen LogP contribution in [0.4, 0.5) is 4.39 Å². The molecule has 17 heavy (non-hydrogen) atoms. The Balaban J connectivity index is 1.87. The lowest BCUT2D eigenvalue weighted by molar-refractivity contribution is 0.478. The molecule has 0 aromatic heterocycles. The zero-order valence-electron chi connectivity index (χ0n) is 10.3. The van der Waals surface area contributed by atoms with Crippen LogP contribution >= 0.6 is 0 Å². The molecule has 94 valence electrons. The Kier molecular flexibility index (Phi) is 4.10. The maximum absolute atomic E-state index is 12.8. The van der Waals surface area contributed by atoms with E-state index in [1.807, 2.05) is 12.1 Å².